The number of piperidine rings is 1. The zero-order valence-electron chi connectivity index (χ0n) is 11.1. The molecule has 98 valence electrons. The maximum Gasteiger partial charge on any atom is 0.0588 e. The van der Waals surface area contributed by atoms with Crippen LogP contribution in [-0.4, -0.2) is 38.3 Å². The third kappa shape index (κ3) is 1.91. The standard InChI is InChI=1S/C15H22N2O/c1-17-8-6-13(7-9-17)15(10-18-11-15)12-2-4-14(16)5-3-12/h2-5,13H,6-11,16H2,1H3. The average Bonchev–Trinajstić information content (AvgIpc) is 2.32. The van der Waals surface area contributed by atoms with Crippen molar-refractivity contribution in [1.82, 2.24) is 4.90 Å². The smallest absolute Gasteiger partial charge is 0.0588 e. The highest BCUT2D eigenvalue weighted by Crippen LogP contribution is 2.44. The molecule has 2 aliphatic heterocycles. The molecule has 2 heterocycles. The highest BCUT2D eigenvalue weighted by molar-refractivity contribution is 5.42. The molecule has 3 rings (SSSR count). The van der Waals surface area contributed by atoms with Crippen LogP contribution < -0.4 is 5.73 Å². The molecule has 1 aromatic rings. The van der Waals surface area contributed by atoms with Crippen LogP contribution in [0, 0.1) is 5.92 Å². The summed E-state index contributed by atoms with van der Waals surface area (Å²) in [5.41, 5.74) is 8.31. The molecule has 18 heavy (non-hydrogen) atoms. The molecule has 2 fully saturated rings. The highest BCUT2D eigenvalue weighted by atomic mass is 16.5. The number of hydrogen-bond acceptors (Lipinski definition) is 3. The van der Waals surface area contributed by atoms with E-state index in [0.717, 1.165) is 24.8 Å². The van der Waals surface area contributed by atoms with Crippen molar-refractivity contribution in [2.75, 3.05) is 39.1 Å². The second-order valence-electron chi connectivity index (χ2n) is 5.85. The number of benzene rings is 1. The van der Waals surface area contributed by atoms with Crippen LogP contribution in [0.15, 0.2) is 24.3 Å². The summed E-state index contributed by atoms with van der Waals surface area (Å²) in [4.78, 5) is 2.42. The predicted octanol–water partition coefficient (Wildman–Crippen LogP) is 1.88. The Balaban J connectivity index is 1.83. The van der Waals surface area contributed by atoms with Gasteiger partial charge >= 0.3 is 0 Å². The van der Waals surface area contributed by atoms with Gasteiger partial charge in [-0.2, -0.15) is 0 Å². The number of anilines is 1. The Morgan fingerprint density at radius 3 is 2.28 bits per heavy atom. The summed E-state index contributed by atoms with van der Waals surface area (Å²) >= 11 is 0. The monoisotopic (exact) mass is 246 g/mol. The Bertz CT molecular complexity index is 403. The Labute approximate surface area is 109 Å². The zero-order chi connectivity index (χ0) is 12.6. The van der Waals surface area contributed by atoms with E-state index in [-0.39, 0.29) is 5.41 Å². The summed E-state index contributed by atoms with van der Waals surface area (Å²) in [6.45, 7) is 4.18. The maximum atomic E-state index is 5.79. The van der Waals surface area contributed by atoms with E-state index >= 15 is 0 Å². The van der Waals surface area contributed by atoms with Gasteiger partial charge in [-0.1, -0.05) is 12.1 Å². The molecular formula is C15H22N2O. The van der Waals surface area contributed by atoms with Gasteiger partial charge in [0.1, 0.15) is 0 Å². The Kier molecular flexibility index (Phi) is 3.04. The fraction of sp³-hybridized carbons (Fsp3) is 0.600. The number of nitrogen functional groups attached to an aromatic ring is 1. The lowest BCUT2D eigenvalue weighted by atomic mass is 9.65. The van der Waals surface area contributed by atoms with Crippen LogP contribution in [0.2, 0.25) is 0 Å². The van der Waals surface area contributed by atoms with Crippen molar-refractivity contribution >= 4 is 5.69 Å². The van der Waals surface area contributed by atoms with Crippen LogP contribution in [0.4, 0.5) is 5.69 Å². The Morgan fingerprint density at radius 2 is 1.78 bits per heavy atom. The molecular weight excluding hydrogens is 224 g/mol. The van der Waals surface area contributed by atoms with Crippen LogP contribution >= 0.6 is 0 Å². The van der Waals surface area contributed by atoms with Crippen LogP contribution in [0.25, 0.3) is 0 Å². The van der Waals surface area contributed by atoms with Gasteiger partial charge in [-0.3, -0.25) is 0 Å². The fourth-order valence-corrected chi connectivity index (χ4v) is 3.34. The van der Waals surface area contributed by atoms with Gasteiger partial charge in [0.2, 0.25) is 0 Å². The SMILES string of the molecule is CN1CCC(C2(c3ccc(N)cc3)COC2)CC1. The fourth-order valence-electron chi connectivity index (χ4n) is 3.34. The molecule has 2 N–H and O–H groups in total. The molecule has 2 aliphatic rings. The van der Waals surface area contributed by atoms with Crippen LogP contribution in [0.1, 0.15) is 18.4 Å². The maximum absolute atomic E-state index is 5.79. The van der Waals surface area contributed by atoms with Crippen molar-refractivity contribution in [2.24, 2.45) is 5.92 Å². The molecule has 2 saturated heterocycles. The molecule has 0 spiro atoms. The molecule has 0 aromatic heterocycles. The van der Waals surface area contributed by atoms with E-state index in [1.807, 2.05) is 12.1 Å². The van der Waals surface area contributed by atoms with Gasteiger partial charge in [-0.15, -0.1) is 0 Å². The summed E-state index contributed by atoms with van der Waals surface area (Å²) in [7, 11) is 2.21. The largest absolute Gasteiger partial charge is 0.399 e. The normalized spacial score (nSPS) is 24.7. The highest BCUT2D eigenvalue weighted by Gasteiger charge is 2.47. The van der Waals surface area contributed by atoms with Gasteiger partial charge in [0.05, 0.1) is 13.2 Å². The minimum absolute atomic E-state index is 0.259. The van der Waals surface area contributed by atoms with E-state index < -0.39 is 0 Å². The first kappa shape index (κ1) is 12.0. The summed E-state index contributed by atoms with van der Waals surface area (Å²) in [5.74, 6) is 0.756. The number of rotatable bonds is 2. The second-order valence-corrected chi connectivity index (χ2v) is 5.85. The molecule has 0 aliphatic carbocycles. The van der Waals surface area contributed by atoms with Crippen LogP contribution in [0.5, 0.6) is 0 Å². The summed E-state index contributed by atoms with van der Waals surface area (Å²) in [5, 5.41) is 0. The quantitative estimate of drug-likeness (QED) is 0.810. The molecule has 3 heteroatoms. The number of likely N-dealkylation sites (tertiary alicyclic amines) is 1. The first-order valence-corrected chi connectivity index (χ1v) is 6.83. The third-order valence-corrected chi connectivity index (χ3v) is 4.70. The van der Waals surface area contributed by atoms with Gasteiger partial charge in [-0.05, 0) is 56.6 Å². The predicted molar refractivity (Wildman–Crippen MR) is 73.6 cm³/mol. The van der Waals surface area contributed by atoms with E-state index in [2.05, 4.69) is 24.1 Å². The molecule has 0 saturated carbocycles. The van der Waals surface area contributed by atoms with Crippen molar-refractivity contribution in [2.45, 2.75) is 18.3 Å². The van der Waals surface area contributed by atoms with Crippen molar-refractivity contribution in [3.63, 3.8) is 0 Å². The van der Waals surface area contributed by atoms with Gasteiger partial charge in [-0.25, -0.2) is 0 Å². The van der Waals surface area contributed by atoms with E-state index in [0.29, 0.717) is 0 Å². The van der Waals surface area contributed by atoms with Crippen LogP contribution in [-0.2, 0) is 10.2 Å². The van der Waals surface area contributed by atoms with Crippen molar-refractivity contribution in [1.29, 1.82) is 0 Å². The van der Waals surface area contributed by atoms with Gasteiger partial charge < -0.3 is 15.4 Å². The second kappa shape index (κ2) is 4.56. The topological polar surface area (TPSA) is 38.5 Å². The van der Waals surface area contributed by atoms with E-state index in [1.165, 1.54) is 31.5 Å². The molecule has 0 atom stereocenters. The minimum atomic E-state index is 0.259. The minimum Gasteiger partial charge on any atom is -0.399 e. The average molecular weight is 246 g/mol. The Morgan fingerprint density at radius 1 is 1.17 bits per heavy atom. The molecule has 0 bridgehead atoms. The van der Waals surface area contributed by atoms with Gasteiger partial charge in [0.25, 0.3) is 0 Å². The number of nitrogens with two attached hydrogens (primary N) is 1. The molecule has 3 nitrogen and oxygen atoms in total. The van der Waals surface area contributed by atoms with Crippen molar-refractivity contribution in [3.8, 4) is 0 Å². The van der Waals surface area contributed by atoms with E-state index in [1.54, 1.807) is 0 Å². The van der Waals surface area contributed by atoms with E-state index in [9.17, 15) is 0 Å². The number of ether oxygens (including phenoxy) is 1. The van der Waals surface area contributed by atoms with E-state index in [4.69, 9.17) is 10.5 Å². The Hall–Kier alpha value is -1.06. The van der Waals surface area contributed by atoms with Crippen molar-refractivity contribution < 1.29 is 4.74 Å². The van der Waals surface area contributed by atoms with Crippen molar-refractivity contribution in [3.05, 3.63) is 29.8 Å². The number of nitrogens with zero attached hydrogens (tertiary/aromatic N) is 1. The third-order valence-electron chi connectivity index (χ3n) is 4.70. The summed E-state index contributed by atoms with van der Waals surface area (Å²) in [6.07, 6.45) is 2.56. The van der Waals surface area contributed by atoms with Gasteiger partial charge in [0, 0.05) is 11.1 Å². The molecule has 1 aromatic carbocycles. The zero-order valence-corrected chi connectivity index (χ0v) is 11.1. The van der Waals surface area contributed by atoms with Crippen LogP contribution in [0.3, 0.4) is 0 Å². The first-order valence-electron chi connectivity index (χ1n) is 6.83. The lowest BCUT2D eigenvalue weighted by Crippen LogP contribution is -2.54. The van der Waals surface area contributed by atoms with Gasteiger partial charge in [0.15, 0.2) is 0 Å². The first-order chi connectivity index (χ1) is 8.71. The lowest BCUT2D eigenvalue weighted by molar-refractivity contribution is -0.101. The molecule has 0 unspecified atom stereocenters. The molecule has 0 radical (unpaired) electrons. The number of hydrogen-bond donors (Lipinski definition) is 1. The molecule has 0 amide bonds. The lowest BCUT2D eigenvalue weighted by Gasteiger charge is -2.50. The summed E-state index contributed by atoms with van der Waals surface area (Å²) in [6, 6.07) is 8.42. The summed E-state index contributed by atoms with van der Waals surface area (Å²) < 4.78 is 5.56.